The Balaban J connectivity index is 1.60. The van der Waals surface area contributed by atoms with Gasteiger partial charge in [-0.1, -0.05) is 60.7 Å². The number of aromatic nitrogens is 1. The Morgan fingerprint density at radius 3 is 2.54 bits per heavy atom. The number of ketones is 1. The molecule has 0 saturated carbocycles. The van der Waals surface area contributed by atoms with Crippen molar-refractivity contribution in [2.75, 3.05) is 13.7 Å². The van der Waals surface area contributed by atoms with Crippen LogP contribution in [0.15, 0.2) is 90.2 Å². The van der Waals surface area contributed by atoms with Crippen molar-refractivity contribution in [2.24, 2.45) is 0 Å². The van der Waals surface area contributed by atoms with Gasteiger partial charge >= 0.3 is 0 Å². The maximum atomic E-state index is 14.1. The SMILES string of the molecule is CCOc1cccc(C2C(C(=O)c3sc(-c4ccccc4)nc3C)=C(O)C(=O)N2Cc2ccccc2OC)c1. The maximum Gasteiger partial charge on any atom is 0.290 e. The van der Waals surface area contributed by atoms with E-state index >= 15 is 0 Å². The number of para-hydroxylation sites is 1. The molecule has 1 aliphatic heterocycles. The Kier molecular flexibility index (Phi) is 7.47. The zero-order valence-electron chi connectivity index (χ0n) is 21.9. The molecule has 0 radical (unpaired) electrons. The van der Waals surface area contributed by atoms with Gasteiger partial charge < -0.3 is 19.5 Å². The van der Waals surface area contributed by atoms with Gasteiger partial charge in [-0.2, -0.15) is 0 Å². The molecule has 8 heteroatoms. The van der Waals surface area contributed by atoms with Gasteiger partial charge in [-0.25, -0.2) is 4.98 Å². The number of aliphatic hydroxyl groups excluding tert-OH is 1. The molecule has 198 valence electrons. The minimum Gasteiger partial charge on any atom is -0.503 e. The molecule has 2 heterocycles. The van der Waals surface area contributed by atoms with Crippen LogP contribution in [0.4, 0.5) is 0 Å². The summed E-state index contributed by atoms with van der Waals surface area (Å²) in [5.41, 5.74) is 2.86. The van der Waals surface area contributed by atoms with Crippen LogP contribution in [-0.2, 0) is 11.3 Å². The van der Waals surface area contributed by atoms with Gasteiger partial charge in [0.15, 0.2) is 5.76 Å². The number of rotatable bonds is 9. The van der Waals surface area contributed by atoms with E-state index in [0.717, 1.165) is 11.1 Å². The van der Waals surface area contributed by atoms with Gasteiger partial charge in [0.2, 0.25) is 5.78 Å². The van der Waals surface area contributed by atoms with E-state index in [1.807, 2.05) is 79.7 Å². The lowest BCUT2D eigenvalue weighted by Crippen LogP contribution is -2.31. The third-order valence-electron chi connectivity index (χ3n) is 6.59. The fourth-order valence-electron chi connectivity index (χ4n) is 4.79. The molecule has 3 aromatic carbocycles. The topological polar surface area (TPSA) is 89.0 Å². The maximum absolute atomic E-state index is 14.1. The molecule has 1 aromatic heterocycles. The predicted molar refractivity (Wildman–Crippen MR) is 150 cm³/mol. The normalized spacial score (nSPS) is 15.1. The second-order valence-electron chi connectivity index (χ2n) is 9.04. The molecule has 0 spiro atoms. The van der Waals surface area contributed by atoms with E-state index < -0.39 is 23.5 Å². The molecule has 0 fully saturated rings. The van der Waals surface area contributed by atoms with Gasteiger partial charge in [0.1, 0.15) is 16.5 Å². The quantitative estimate of drug-likeness (QED) is 0.251. The molecule has 1 aliphatic rings. The average Bonchev–Trinajstić information content (AvgIpc) is 3.47. The van der Waals surface area contributed by atoms with Crippen LogP contribution in [0.25, 0.3) is 10.6 Å². The number of aryl methyl sites for hydroxylation is 1. The molecule has 0 saturated heterocycles. The Morgan fingerprint density at radius 1 is 1.05 bits per heavy atom. The highest BCUT2D eigenvalue weighted by atomic mass is 32.1. The van der Waals surface area contributed by atoms with E-state index in [4.69, 9.17) is 9.47 Å². The number of amides is 1. The molecule has 1 N–H and O–H groups in total. The van der Waals surface area contributed by atoms with Gasteiger partial charge in [0.05, 0.1) is 42.4 Å². The Labute approximate surface area is 231 Å². The van der Waals surface area contributed by atoms with Crippen LogP contribution in [0, 0.1) is 6.92 Å². The largest absolute Gasteiger partial charge is 0.503 e. The van der Waals surface area contributed by atoms with Crippen molar-refractivity contribution in [3.63, 3.8) is 0 Å². The Bertz CT molecular complexity index is 1560. The first-order valence-electron chi connectivity index (χ1n) is 12.6. The van der Waals surface area contributed by atoms with Crippen LogP contribution in [-0.4, -0.2) is 40.4 Å². The van der Waals surface area contributed by atoms with E-state index in [9.17, 15) is 14.7 Å². The lowest BCUT2D eigenvalue weighted by Gasteiger charge is -2.27. The van der Waals surface area contributed by atoms with E-state index in [1.54, 1.807) is 20.1 Å². The van der Waals surface area contributed by atoms with Crippen molar-refractivity contribution in [2.45, 2.75) is 26.4 Å². The first kappa shape index (κ1) is 26.2. The number of hydrogen-bond acceptors (Lipinski definition) is 7. The molecule has 7 nitrogen and oxygen atoms in total. The third kappa shape index (κ3) is 5.03. The first-order chi connectivity index (χ1) is 18.9. The lowest BCUT2D eigenvalue weighted by atomic mass is 9.94. The fraction of sp³-hybridized carbons (Fsp3) is 0.194. The summed E-state index contributed by atoms with van der Waals surface area (Å²) in [7, 11) is 1.56. The standard InChI is InChI=1S/C31H28N2O5S/c1-4-38-23-15-10-14-21(17-23)26-25(27(34)29-19(2)32-30(39-29)20-11-6-5-7-12-20)28(35)31(36)33(26)18-22-13-8-9-16-24(22)37-3/h5-17,26,35H,4,18H2,1-3H3. The highest BCUT2D eigenvalue weighted by molar-refractivity contribution is 7.17. The minimum absolute atomic E-state index is 0.0231. The van der Waals surface area contributed by atoms with Crippen LogP contribution in [0.3, 0.4) is 0 Å². The van der Waals surface area contributed by atoms with E-state index in [2.05, 4.69) is 4.98 Å². The predicted octanol–water partition coefficient (Wildman–Crippen LogP) is 6.30. The van der Waals surface area contributed by atoms with Crippen LogP contribution in [0.5, 0.6) is 11.5 Å². The number of hydrogen-bond donors (Lipinski definition) is 1. The summed E-state index contributed by atoms with van der Waals surface area (Å²) in [6, 6.07) is 23.4. The summed E-state index contributed by atoms with van der Waals surface area (Å²) < 4.78 is 11.2. The average molecular weight is 541 g/mol. The van der Waals surface area contributed by atoms with E-state index in [1.165, 1.54) is 16.2 Å². The van der Waals surface area contributed by atoms with Gasteiger partial charge in [-0.15, -0.1) is 11.3 Å². The van der Waals surface area contributed by atoms with Crippen molar-refractivity contribution in [1.29, 1.82) is 0 Å². The highest BCUT2D eigenvalue weighted by Crippen LogP contribution is 2.43. The minimum atomic E-state index is -0.836. The number of aliphatic hydroxyl groups is 1. The summed E-state index contributed by atoms with van der Waals surface area (Å²) in [6.45, 7) is 4.25. The lowest BCUT2D eigenvalue weighted by molar-refractivity contribution is -0.130. The zero-order chi connectivity index (χ0) is 27.5. The second-order valence-corrected chi connectivity index (χ2v) is 10.0. The number of methoxy groups -OCH3 is 1. The zero-order valence-corrected chi connectivity index (χ0v) is 22.7. The number of nitrogens with zero attached hydrogens (tertiary/aromatic N) is 2. The summed E-state index contributed by atoms with van der Waals surface area (Å²) in [4.78, 5) is 34.1. The third-order valence-corrected chi connectivity index (χ3v) is 7.80. The van der Waals surface area contributed by atoms with Crippen molar-refractivity contribution >= 4 is 23.0 Å². The van der Waals surface area contributed by atoms with Gasteiger partial charge in [0, 0.05) is 11.1 Å². The molecule has 0 bridgehead atoms. The van der Waals surface area contributed by atoms with E-state index in [0.29, 0.717) is 39.2 Å². The first-order valence-corrected chi connectivity index (χ1v) is 13.4. The van der Waals surface area contributed by atoms with Gasteiger partial charge in [0.25, 0.3) is 5.91 Å². The van der Waals surface area contributed by atoms with Gasteiger partial charge in [-0.05, 0) is 37.6 Å². The summed E-state index contributed by atoms with van der Waals surface area (Å²) >= 11 is 1.25. The monoisotopic (exact) mass is 540 g/mol. The summed E-state index contributed by atoms with van der Waals surface area (Å²) in [6.07, 6.45) is 0. The molecule has 1 amide bonds. The van der Waals surface area contributed by atoms with Crippen LogP contribution in [0.1, 0.15) is 39.5 Å². The number of ether oxygens (including phenoxy) is 2. The molecule has 1 unspecified atom stereocenters. The smallest absolute Gasteiger partial charge is 0.290 e. The Morgan fingerprint density at radius 2 is 1.79 bits per heavy atom. The van der Waals surface area contributed by atoms with Crippen molar-refractivity contribution in [1.82, 2.24) is 9.88 Å². The van der Waals surface area contributed by atoms with Crippen molar-refractivity contribution < 1.29 is 24.2 Å². The number of benzene rings is 3. The molecule has 1 atom stereocenters. The summed E-state index contributed by atoms with van der Waals surface area (Å²) in [5.74, 6) is -0.389. The molecule has 5 rings (SSSR count). The number of carbonyl (C=O) groups is 2. The molecule has 39 heavy (non-hydrogen) atoms. The second kappa shape index (κ2) is 11.1. The van der Waals surface area contributed by atoms with Crippen LogP contribution < -0.4 is 9.47 Å². The van der Waals surface area contributed by atoms with E-state index in [-0.39, 0.29) is 12.1 Å². The molecular weight excluding hydrogens is 512 g/mol. The molecule has 0 aliphatic carbocycles. The Hall–Kier alpha value is -4.43. The number of Topliss-reactive ketones (excluding diaryl/α,β-unsaturated/α-hetero) is 1. The molecule has 4 aromatic rings. The van der Waals surface area contributed by atoms with Gasteiger partial charge in [-0.3, -0.25) is 9.59 Å². The fourth-order valence-corrected chi connectivity index (χ4v) is 5.81. The van der Waals surface area contributed by atoms with Crippen molar-refractivity contribution in [3.8, 4) is 22.1 Å². The van der Waals surface area contributed by atoms with Crippen LogP contribution >= 0.6 is 11.3 Å². The molecular formula is C31H28N2O5S. The van der Waals surface area contributed by atoms with Crippen molar-refractivity contribution in [3.05, 3.63) is 112 Å². The summed E-state index contributed by atoms with van der Waals surface area (Å²) in [5, 5.41) is 11.9. The highest BCUT2D eigenvalue weighted by Gasteiger charge is 2.45. The number of thiazole rings is 1. The van der Waals surface area contributed by atoms with Crippen LogP contribution in [0.2, 0.25) is 0 Å². The number of carbonyl (C=O) groups excluding carboxylic acids is 2.